The number of esters is 2. The van der Waals surface area contributed by atoms with Gasteiger partial charge in [-0.1, -0.05) is 0 Å². The molecule has 0 saturated carbocycles. The fourth-order valence-electron chi connectivity index (χ4n) is 7.36. The Bertz CT molecular complexity index is 3080. The lowest BCUT2D eigenvalue weighted by Gasteiger charge is -2.19. The van der Waals surface area contributed by atoms with Gasteiger partial charge in [0.2, 0.25) is 11.8 Å². The number of ether oxygens (including phenoxy) is 6. The minimum atomic E-state index is -5.73. The van der Waals surface area contributed by atoms with E-state index >= 15 is 0 Å². The molecule has 4 aromatic rings. The summed E-state index contributed by atoms with van der Waals surface area (Å²) in [6.45, 7) is 9.86. The van der Waals surface area contributed by atoms with E-state index in [4.69, 9.17) is 38.2 Å². The highest BCUT2D eigenvalue weighted by Gasteiger charge is 2.43. The third-order valence-electron chi connectivity index (χ3n) is 10.9. The largest absolute Gasteiger partial charge is 0.490 e. The van der Waals surface area contributed by atoms with E-state index in [1.54, 1.807) is 46.1 Å². The van der Waals surface area contributed by atoms with Crippen LogP contribution in [0.4, 0.5) is 21.2 Å². The smallest absolute Gasteiger partial charge is 0.466 e. The van der Waals surface area contributed by atoms with Gasteiger partial charge in [0, 0.05) is 38.8 Å². The maximum Gasteiger partial charge on any atom is 0.490 e. The van der Waals surface area contributed by atoms with E-state index < -0.39 is 114 Å². The van der Waals surface area contributed by atoms with Crippen LogP contribution in [0.15, 0.2) is 25.3 Å². The molecule has 84 heavy (non-hydrogen) atoms. The average molecular weight is 1260 g/mol. The van der Waals surface area contributed by atoms with Crippen molar-refractivity contribution in [3.05, 3.63) is 25.3 Å². The van der Waals surface area contributed by atoms with E-state index in [9.17, 15) is 67.6 Å². The number of nitrogens with one attached hydrogen (secondary N) is 4. The van der Waals surface area contributed by atoms with E-state index in [1.165, 1.54) is 23.5 Å². The molecule has 8 atom stereocenters. The number of phosphoric ester groups is 1. The summed E-state index contributed by atoms with van der Waals surface area (Å²) in [5.74, 6) is -2.07. The van der Waals surface area contributed by atoms with Gasteiger partial charge in [0.25, 0.3) is 0 Å². The van der Waals surface area contributed by atoms with Crippen molar-refractivity contribution < 1.29 is 119 Å². The molecule has 40 heteroatoms. The SMILES string of the molecule is CC(C)(C)OC(=O)NCCCOC(=O)CCC(=O)Nc1ncnc2c1ncn2[C@H]1C[C@@H](O)[C@@H](CO)O1.CC(C)(C)OC(=O)NCCCOC(=O)CCC(=O)Nc1ncnc2c1ncn2[C@H]1C[C@@H](O)[C@@H](COP(=O)(O)OP(=O)(O)OP(=O)(O)O)O1. The van der Waals surface area contributed by atoms with Gasteiger partial charge >= 0.3 is 47.6 Å². The Hall–Kier alpha value is -6.27. The molecule has 0 radical (unpaired) electrons. The Morgan fingerprint density at radius 3 is 1.45 bits per heavy atom. The maximum absolute atomic E-state index is 12.5. The van der Waals surface area contributed by atoms with Crippen molar-refractivity contribution in [3.8, 4) is 0 Å². The number of hydrogen-bond acceptors (Lipinski definition) is 27. The summed E-state index contributed by atoms with van der Waals surface area (Å²) >= 11 is 0. The van der Waals surface area contributed by atoms with Crippen LogP contribution in [-0.2, 0) is 74.4 Å². The van der Waals surface area contributed by atoms with Crippen LogP contribution in [0, 0.1) is 0 Å². The molecule has 2 aliphatic rings. The number of carbonyl (C=O) groups excluding carboxylic acids is 6. The second kappa shape index (κ2) is 30.2. The van der Waals surface area contributed by atoms with Crippen molar-refractivity contribution in [1.29, 1.82) is 0 Å². The lowest BCUT2D eigenvalue weighted by Crippen LogP contribution is -2.33. The lowest BCUT2D eigenvalue weighted by molar-refractivity contribution is -0.145. The molecule has 2 unspecified atom stereocenters. The van der Waals surface area contributed by atoms with Crippen molar-refractivity contribution in [1.82, 2.24) is 49.7 Å². The Labute approximate surface area is 477 Å². The number of carbonyl (C=O) groups is 6. The highest BCUT2D eigenvalue weighted by Crippen LogP contribution is 2.66. The first-order valence-corrected chi connectivity index (χ1v) is 30.0. The van der Waals surface area contributed by atoms with Crippen molar-refractivity contribution in [2.24, 2.45) is 0 Å². The first-order chi connectivity index (χ1) is 39.2. The van der Waals surface area contributed by atoms with E-state index in [-0.39, 0.29) is 94.2 Å². The van der Waals surface area contributed by atoms with Crippen molar-refractivity contribution in [3.63, 3.8) is 0 Å². The molecule has 4 aromatic heterocycles. The molecule has 6 heterocycles. The van der Waals surface area contributed by atoms with Crippen LogP contribution in [0.5, 0.6) is 0 Å². The Morgan fingerprint density at radius 1 is 0.619 bits per heavy atom. The monoisotopic (exact) mass is 1260 g/mol. The third kappa shape index (κ3) is 23.0. The molecular weight excluding hydrogens is 1190 g/mol. The normalized spacial score (nSPS) is 20.4. The Balaban J connectivity index is 0.000000320. The molecule has 0 aromatic carbocycles. The topological polar surface area (TPSA) is 514 Å². The number of fused-ring (bicyclic) bond motifs is 2. The second-order valence-corrected chi connectivity index (χ2v) is 24.5. The van der Waals surface area contributed by atoms with Crippen LogP contribution >= 0.6 is 23.5 Å². The van der Waals surface area contributed by atoms with E-state index in [2.05, 4.69) is 64.3 Å². The minimum Gasteiger partial charge on any atom is -0.466 e. The molecule has 2 aliphatic heterocycles. The van der Waals surface area contributed by atoms with Crippen LogP contribution in [0.1, 0.15) is 105 Å². The number of aliphatic hydroxyl groups excluding tert-OH is 3. The third-order valence-corrected chi connectivity index (χ3v) is 14.7. The van der Waals surface area contributed by atoms with Crippen molar-refractivity contribution in [2.45, 2.75) is 141 Å². The van der Waals surface area contributed by atoms with E-state index in [1.807, 2.05) is 0 Å². The quantitative estimate of drug-likeness (QED) is 0.0184. The average Bonchev–Trinajstić information content (AvgIpc) is 2.22. The summed E-state index contributed by atoms with van der Waals surface area (Å²) < 4.78 is 80.6. The van der Waals surface area contributed by atoms with Crippen LogP contribution in [0.3, 0.4) is 0 Å². The summed E-state index contributed by atoms with van der Waals surface area (Å²) in [5.41, 5.74) is -0.278. The van der Waals surface area contributed by atoms with E-state index in [0.717, 1.165) is 6.33 Å². The predicted octanol–water partition coefficient (Wildman–Crippen LogP) is 1.64. The molecule has 0 bridgehead atoms. The molecule has 4 amide bonds. The summed E-state index contributed by atoms with van der Waals surface area (Å²) in [7, 11) is -16.8. The zero-order chi connectivity index (χ0) is 62.2. The molecule has 0 spiro atoms. The summed E-state index contributed by atoms with van der Waals surface area (Å²) in [6, 6.07) is 0. The number of aromatic nitrogens is 8. The minimum absolute atomic E-state index is 0.00640. The maximum atomic E-state index is 12.5. The van der Waals surface area contributed by atoms with Gasteiger partial charge in [0.1, 0.15) is 48.5 Å². The number of alkyl carbamates (subject to hydrolysis) is 2. The number of nitrogens with zero attached hydrogens (tertiary/aromatic N) is 8. The molecule has 11 N–H and O–H groups in total. The number of hydrogen-bond donors (Lipinski definition) is 11. The lowest BCUT2D eigenvalue weighted by atomic mass is 10.2. The molecular formula is C44H67N12O25P3. The van der Waals surface area contributed by atoms with Gasteiger partial charge in [-0.25, -0.2) is 53.2 Å². The number of imidazole rings is 2. The Morgan fingerprint density at radius 2 is 1.05 bits per heavy atom. The molecule has 468 valence electrons. The van der Waals surface area contributed by atoms with Crippen LogP contribution in [-0.4, -0.2) is 185 Å². The van der Waals surface area contributed by atoms with Gasteiger partial charge in [0.15, 0.2) is 34.0 Å². The van der Waals surface area contributed by atoms with Gasteiger partial charge in [0.05, 0.1) is 64.1 Å². The fourth-order valence-corrected chi connectivity index (χ4v) is 10.4. The van der Waals surface area contributed by atoms with Crippen LogP contribution < -0.4 is 21.3 Å². The number of anilines is 2. The number of amides is 4. The Kier molecular flexibility index (Phi) is 24.6. The molecule has 6 rings (SSSR count). The highest BCUT2D eigenvalue weighted by molar-refractivity contribution is 7.66. The van der Waals surface area contributed by atoms with Crippen molar-refractivity contribution in [2.75, 3.05) is 50.2 Å². The molecule has 2 saturated heterocycles. The first kappa shape index (κ1) is 68.5. The predicted molar refractivity (Wildman–Crippen MR) is 282 cm³/mol. The molecule has 37 nitrogen and oxygen atoms in total. The fraction of sp³-hybridized carbons (Fsp3) is 0.636. The van der Waals surface area contributed by atoms with E-state index in [0.29, 0.717) is 24.0 Å². The summed E-state index contributed by atoms with van der Waals surface area (Å²) in [6.07, 6.45) is -1.67. The van der Waals surface area contributed by atoms with Crippen LogP contribution in [0.2, 0.25) is 0 Å². The van der Waals surface area contributed by atoms with Gasteiger partial charge < -0.3 is 84.6 Å². The molecule has 0 aliphatic carbocycles. The standard InChI is InChI=1S/C22H35N6O17P3.C22H32N6O8/c1-22(2,3)43-21(32)23-7-4-8-40-17(31)6-5-15(30)27-19-18-20(25-11-24-19)28(12-26-18)16-9-13(29)14(42-16)10-41-47(36,37)45-48(38,39)44-46(33,34)35;1-22(2,3)36-21(33)23-7-4-8-34-17(32)6-5-15(31)27-19-18-20(25-11-24-19)28(12-26-18)16-9-13(30)14(10-29)35-16/h11-14,16,29H,4-10H2,1-3H3,(H,23,32)(H,36,37)(H,38,39)(H2,33,34,35)(H,24,25,27,30);11-14,16,29-30H,4-10H2,1-3H3,(H,23,33)(H,24,25,27,31)/t2*13-,14-,16-/m11/s1. The van der Waals surface area contributed by atoms with Crippen molar-refractivity contribution >= 4 is 93.4 Å². The van der Waals surface area contributed by atoms with Gasteiger partial charge in [-0.2, -0.15) is 8.62 Å². The zero-order valence-corrected chi connectivity index (χ0v) is 48.8. The number of rotatable bonds is 26. The first-order valence-electron chi connectivity index (χ1n) is 25.5. The summed E-state index contributed by atoms with van der Waals surface area (Å²) in [5, 5.41) is 39.9. The number of phosphoric acid groups is 3. The van der Waals surface area contributed by atoms with Crippen LogP contribution in [0.25, 0.3) is 22.3 Å². The highest BCUT2D eigenvalue weighted by atomic mass is 31.3. The zero-order valence-electron chi connectivity index (χ0n) is 46.1. The molecule has 2 fully saturated rings. The van der Waals surface area contributed by atoms with Gasteiger partial charge in [-0.05, 0) is 54.4 Å². The van der Waals surface area contributed by atoms with Gasteiger partial charge in [-0.3, -0.25) is 32.8 Å². The number of aliphatic hydroxyl groups is 3. The summed E-state index contributed by atoms with van der Waals surface area (Å²) in [4.78, 5) is 133. The second-order valence-electron chi connectivity index (χ2n) is 20.1. The van der Waals surface area contributed by atoms with Gasteiger partial charge in [-0.15, -0.1) is 0 Å².